The fourth-order valence-corrected chi connectivity index (χ4v) is 11.5. The number of esters is 1. The molecule has 5 atom stereocenters. The van der Waals surface area contributed by atoms with Crippen LogP contribution in [0, 0.1) is 40.4 Å². The number of thiazole rings is 1. The van der Waals surface area contributed by atoms with Crippen LogP contribution in [0.15, 0.2) is 72.2 Å². The summed E-state index contributed by atoms with van der Waals surface area (Å²) < 4.78 is 17.9. The van der Waals surface area contributed by atoms with Crippen LogP contribution in [-0.2, 0) is 35.1 Å². The number of nitrogens with two attached hydrogens (primary N) is 1. The lowest BCUT2D eigenvalue weighted by molar-refractivity contribution is -0.164. The van der Waals surface area contributed by atoms with Crippen molar-refractivity contribution >= 4 is 52.5 Å². The molecule has 404 valence electrons. The second kappa shape index (κ2) is 24.9. The van der Waals surface area contributed by atoms with Gasteiger partial charge in [0.1, 0.15) is 48.8 Å². The van der Waals surface area contributed by atoms with Crippen molar-refractivity contribution in [2.45, 2.75) is 157 Å². The van der Waals surface area contributed by atoms with E-state index >= 15 is 0 Å². The summed E-state index contributed by atoms with van der Waals surface area (Å²) in [5, 5.41) is 18.8. The molecule has 2 fully saturated rings. The molecule has 1 aliphatic heterocycles. The van der Waals surface area contributed by atoms with Crippen molar-refractivity contribution in [1.82, 2.24) is 25.8 Å². The number of ether oxygens (including phenoxy) is 3. The molecule has 5 N–H and O–H groups in total. The SMILES string of the molecule is Cc1ncsc1-c1ccc([C@H](C)NC(=O)[C@@H]2C[C@@H](OC(=O)[C@@H](N)C(C)C)CN2C(=O)[C@@H](NC(=O)COCCCCCCc2ccc(C(=O)NC3C(C)(C)C(Oc4ccc(C#N)c(Cl)c4)C3(C)C)cc2)C(C)(C)C)cc1. The molecule has 3 aromatic carbocycles. The summed E-state index contributed by atoms with van der Waals surface area (Å²) in [7, 11) is 0. The van der Waals surface area contributed by atoms with E-state index in [0.29, 0.717) is 28.5 Å². The van der Waals surface area contributed by atoms with Crippen molar-refractivity contribution in [3.05, 3.63) is 105 Å². The average Bonchev–Trinajstić information content (AvgIpc) is 4.00. The Morgan fingerprint density at radius 2 is 1.60 bits per heavy atom. The minimum Gasteiger partial charge on any atom is -0.489 e. The Balaban J connectivity index is 0.943. The molecule has 0 spiro atoms. The zero-order valence-electron chi connectivity index (χ0n) is 45.4. The highest BCUT2D eigenvalue weighted by molar-refractivity contribution is 7.13. The van der Waals surface area contributed by atoms with Crippen LogP contribution < -0.4 is 26.4 Å². The van der Waals surface area contributed by atoms with Crippen LogP contribution in [0.3, 0.4) is 0 Å². The van der Waals surface area contributed by atoms with Crippen molar-refractivity contribution in [2.24, 2.45) is 27.9 Å². The maximum Gasteiger partial charge on any atom is 0.323 e. The second-order valence-electron chi connectivity index (χ2n) is 22.8. The van der Waals surface area contributed by atoms with Crippen molar-refractivity contribution in [3.8, 4) is 22.3 Å². The molecule has 1 saturated heterocycles. The number of hydrogen-bond donors (Lipinski definition) is 4. The molecule has 4 aromatic rings. The number of amides is 4. The van der Waals surface area contributed by atoms with Gasteiger partial charge in [-0.2, -0.15) is 5.26 Å². The highest BCUT2D eigenvalue weighted by Crippen LogP contribution is 2.55. The molecule has 15 nitrogen and oxygen atoms in total. The van der Waals surface area contributed by atoms with Gasteiger partial charge in [-0.25, -0.2) is 4.98 Å². The number of nitriles is 1. The number of carbonyl (C=O) groups excluding carboxylic acids is 5. The number of aryl methyl sites for hydroxylation is 2. The first-order chi connectivity index (χ1) is 35.3. The van der Waals surface area contributed by atoms with E-state index in [1.807, 2.05) is 103 Å². The Hall–Kier alpha value is -5.86. The van der Waals surface area contributed by atoms with E-state index in [9.17, 15) is 29.2 Å². The van der Waals surface area contributed by atoms with Crippen LogP contribution in [-0.4, -0.2) is 95.6 Å². The van der Waals surface area contributed by atoms with E-state index in [-0.39, 0.29) is 54.4 Å². The Morgan fingerprint density at radius 3 is 2.20 bits per heavy atom. The normalized spacial score (nSPS) is 20.0. The number of aromatic nitrogens is 1. The predicted molar refractivity (Wildman–Crippen MR) is 292 cm³/mol. The number of rotatable bonds is 22. The number of benzene rings is 3. The zero-order valence-corrected chi connectivity index (χ0v) is 47.0. The van der Waals surface area contributed by atoms with E-state index in [1.165, 1.54) is 4.90 Å². The first-order valence-electron chi connectivity index (χ1n) is 26.0. The van der Waals surface area contributed by atoms with Gasteiger partial charge in [0.25, 0.3) is 5.91 Å². The van der Waals surface area contributed by atoms with Crippen molar-refractivity contribution < 1.29 is 38.2 Å². The standard InChI is InChI=1S/C58H76ClN7O8S/c1-34(2)47(61)53(71)73-43-29-45(51(69)63-35(3)38-21-23-39(24-22-38)48-36(4)62-33-75-48)66(31-43)52(70)49(56(5,6)7)64-46(67)32-72-27-15-13-12-14-16-37-17-19-40(20-18-37)50(68)65-54-57(8,9)55(58(54,10)11)74-42-26-25-41(30-60)44(59)28-42/h17-26,28,33-35,43,45,47,49,54-55H,12-16,27,29,31-32,61H2,1-11H3,(H,63,69)(H,64,67)(H,65,68)/t35-,43+,45-,47-,49+,54?,55?/m0/s1. The Kier molecular flexibility index (Phi) is 19.4. The first-order valence-corrected chi connectivity index (χ1v) is 27.3. The molecule has 1 aliphatic carbocycles. The molecule has 1 saturated carbocycles. The Morgan fingerprint density at radius 1 is 0.933 bits per heavy atom. The van der Waals surface area contributed by atoms with Gasteiger partial charge in [-0.1, -0.05) is 123 Å². The van der Waals surface area contributed by atoms with Gasteiger partial charge in [0.05, 0.1) is 39.3 Å². The van der Waals surface area contributed by atoms with Crippen LogP contribution >= 0.6 is 22.9 Å². The molecule has 2 aliphatic rings. The van der Waals surface area contributed by atoms with Gasteiger partial charge in [0, 0.05) is 41.5 Å². The summed E-state index contributed by atoms with van der Waals surface area (Å²) >= 11 is 7.82. The molecular weight excluding hydrogens is 990 g/mol. The van der Waals surface area contributed by atoms with E-state index in [1.54, 1.807) is 29.5 Å². The van der Waals surface area contributed by atoms with Crippen LogP contribution in [0.25, 0.3) is 10.4 Å². The van der Waals surface area contributed by atoms with Gasteiger partial charge in [-0.3, -0.25) is 24.0 Å². The molecule has 6 rings (SSSR count). The summed E-state index contributed by atoms with van der Waals surface area (Å²) in [6, 6.07) is 19.3. The van der Waals surface area contributed by atoms with Crippen molar-refractivity contribution in [2.75, 3.05) is 19.8 Å². The highest BCUT2D eigenvalue weighted by atomic mass is 35.5. The number of nitrogens with zero attached hydrogens (tertiary/aromatic N) is 3. The minimum absolute atomic E-state index is 0.0396. The fraction of sp³-hybridized carbons (Fsp3) is 0.534. The van der Waals surface area contributed by atoms with E-state index in [4.69, 9.17) is 31.5 Å². The molecule has 0 radical (unpaired) electrons. The number of likely N-dealkylation sites (tertiary alicyclic amines) is 1. The molecule has 0 unspecified atom stereocenters. The van der Waals surface area contributed by atoms with E-state index in [0.717, 1.165) is 59.4 Å². The average molecular weight is 1070 g/mol. The van der Waals surface area contributed by atoms with Crippen LogP contribution in [0.2, 0.25) is 5.02 Å². The Labute approximate surface area is 452 Å². The minimum atomic E-state index is -1.02. The predicted octanol–water partition coefficient (Wildman–Crippen LogP) is 9.28. The van der Waals surface area contributed by atoms with Crippen molar-refractivity contribution in [3.63, 3.8) is 0 Å². The third kappa shape index (κ3) is 14.3. The topological polar surface area (TPSA) is 215 Å². The molecule has 2 heterocycles. The molecule has 4 amide bonds. The summed E-state index contributed by atoms with van der Waals surface area (Å²) in [5.74, 6) is -1.67. The third-order valence-electron chi connectivity index (χ3n) is 14.7. The number of carbonyl (C=O) groups is 5. The monoisotopic (exact) mass is 1070 g/mol. The quantitative estimate of drug-likeness (QED) is 0.0430. The Bertz CT molecular complexity index is 2680. The number of halogens is 1. The first kappa shape index (κ1) is 58.4. The van der Waals surface area contributed by atoms with Crippen molar-refractivity contribution in [1.29, 1.82) is 5.26 Å². The largest absolute Gasteiger partial charge is 0.489 e. The molecule has 0 bridgehead atoms. The van der Waals surface area contributed by atoms with E-state index < -0.39 is 59.4 Å². The van der Waals surface area contributed by atoms with Gasteiger partial charge >= 0.3 is 5.97 Å². The smallest absolute Gasteiger partial charge is 0.323 e. The lowest BCUT2D eigenvalue weighted by atomic mass is 9.49. The van der Waals surface area contributed by atoms with E-state index in [2.05, 4.69) is 54.7 Å². The summed E-state index contributed by atoms with van der Waals surface area (Å²) in [5.41, 5.74) is 11.4. The molecule has 75 heavy (non-hydrogen) atoms. The molecule has 17 heteroatoms. The summed E-state index contributed by atoms with van der Waals surface area (Å²) in [6.07, 6.45) is 3.47. The zero-order chi connectivity index (χ0) is 55.0. The molecule has 1 aromatic heterocycles. The summed E-state index contributed by atoms with van der Waals surface area (Å²) in [4.78, 5) is 75.3. The van der Waals surface area contributed by atoms with Gasteiger partial charge in [-0.05, 0) is 85.4 Å². The third-order valence-corrected chi connectivity index (χ3v) is 16.0. The molecular formula is C58H76ClN7O8S. The lowest BCUT2D eigenvalue weighted by Crippen LogP contribution is -2.74. The number of hydrogen-bond acceptors (Lipinski definition) is 12. The summed E-state index contributed by atoms with van der Waals surface area (Å²) in [6.45, 7) is 21.4. The highest BCUT2D eigenvalue weighted by Gasteiger charge is 2.64. The lowest BCUT2D eigenvalue weighted by Gasteiger charge is -2.63. The second-order valence-corrected chi connectivity index (χ2v) is 24.0. The maximum atomic E-state index is 14.5. The van der Waals surface area contributed by atoms with Gasteiger partial charge in [0.2, 0.25) is 17.7 Å². The van der Waals surface area contributed by atoms with Crippen LogP contribution in [0.4, 0.5) is 0 Å². The number of nitrogens with one attached hydrogen (secondary N) is 3. The van der Waals surface area contributed by atoms with Gasteiger partial charge in [0.15, 0.2) is 0 Å². The van der Waals surface area contributed by atoms with Crippen LogP contribution in [0.5, 0.6) is 5.75 Å². The maximum absolute atomic E-state index is 14.5. The number of unbranched alkanes of at least 4 members (excludes halogenated alkanes) is 3. The van der Waals surface area contributed by atoms with Gasteiger partial charge in [-0.15, -0.1) is 11.3 Å². The van der Waals surface area contributed by atoms with Gasteiger partial charge < -0.3 is 40.8 Å². The van der Waals surface area contributed by atoms with Crippen LogP contribution in [0.1, 0.15) is 140 Å². The fourth-order valence-electron chi connectivity index (χ4n) is 10.5.